The highest BCUT2D eigenvalue weighted by Gasteiger charge is 1.98. The summed E-state index contributed by atoms with van der Waals surface area (Å²) in [5.74, 6) is 0.403. The fourth-order valence-corrected chi connectivity index (χ4v) is 1.04. The van der Waals surface area contributed by atoms with Gasteiger partial charge in [-0.15, -0.1) is 11.3 Å². The van der Waals surface area contributed by atoms with Crippen molar-refractivity contribution in [2.24, 2.45) is 5.73 Å². The molecule has 0 radical (unpaired) electrons. The number of amidine groups is 1. The van der Waals surface area contributed by atoms with Gasteiger partial charge in [0.15, 0.2) is 0 Å². The van der Waals surface area contributed by atoms with E-state index in [1.54, 1.807) is 11.3 Å². The Morgan fingerprint density at radius 1 is 1.75 bits per heavy atom. The molecule has 2 nitrogen and oxygen atoms in total. The summed E-state index contributed by atoms with van der Waals surface area (Å²) in [5.41, 5.74) is 5.26. The van der Waals surface area contributed by atoms with Crippen molar-refractivity contribution in [2.45, 2.75) is 0 Å². The first kappa shape index (κ1) is 5.31. The van der Waals surface area contributed by atoms with Crippen LogP contribution in [0.5, 0.6) is 0 Å². The molecule has 1 rings (SSSR count). The van der Waals surface area contributed by atoms with Crippen LogP contribution in [-0.4, -0.2) is 5.84 Å². The topological polar surface area (TPSA) is 51.6 Å². The van der Waals surface area contributed by atoms with Gasteiger partial charge in [0.1, 0.15) is 4.88 Å². The van der Waals surface area contributed by atoms with Gasteiger partial charge in [-0.1, -0.05) is 6.07 Å². The zero-order valence-corrected chi connectivity index (χ0v) is 5.11. The summed E-state index contributed by atoms with van der Waals surface area (Å²) in [6.07, 6.45) is 0. The second kappa shape index (κ2) is 1.96. The number of nitrogens with two attached hydrogens (primary N) is 2. The molecular formula is C5H7N2S+. The molecule has 0 saturated carbocycles. The number of thiophene rings is 1. The molecule has 3 heteroatoms. The smallest absolute Gasteiger partial charge is 0.280 e. The monoisotopic (exact) mass is 127 g/mol. The molecule has 0 aliphatic carbocycles. The Morgan fingerprint density at radius 3 is 2.75 bits per heavy atom. The molecule has 1 aromatic rings. The molecular weight excluding hydrogens is 120 g/mol. The van der Waals surface area contributed by atoms with Gasteiger partial charge in [-0.05, 0) is 11.4 Å². The molecule has 0 amide bonds. The van der Waals surface area contributed by atoms with E-state index in [1.165, 1.54) is 0 Å². The average molecular weight is 127 g/mol. The standard InChI is InChI=1S/C5H6N2S/c6-5(7)4-2-1-3-8-4/h1-3H,(H3,6,7)/p+1. The first-order valence-corrected chi connectivity index (χ1v) is 3.10. The van der Waals surface area contributed by atoms with Gasteiger partial charge >= 0.3 is 0 Å². The van der Waals surface area contributed by atoms with E-state index >= 15 is 0 Å². The first-order chi connectivity index (χ1) is 3.80. The van der Waals surface area contributed by atoms with E-state index in [4.69, 9.17) is 11.1 Å². The minimum absolute atomic E-state index is 0.403. The van der Waals surface area contributed by atoms with E-state index in [2.05, 4.69) is 0 Å². The SMILES string of the molecule is NC(=[NH2+])c1cccs1. The number of hydrogen-bond acceptors (Lipinski definition) is 1. The van der Waals surface area contributed by atoms with Crippen LogP contribution in [0.1, 0.15) is 4.88 Å². The van der Waals surface area contributed by atoms with Crippen LogP contribution < -0.4 is 11.1 Å². The highest BCUT2D eigenvalue weighted by molar-refractivity contribution is 7.12. The van der Waals surface area contributed by atoms with Crippen LogP contribution in [-0.2, 0) is 0 Å². The van der Waals surface area contributed by atoms with Crippen molar-refractivity contribution in [3.8, 4) is 0 Å². The van der Waals surface area contributed by atoms with Crippen molar-refractivity contribution in [1.82, 2.24) is 0 Å². The van der Waals surface area contributed by atoms with Crippen LogP contribution in [0, 0.1) is 0 Å². The molecule has 0 aromatic carbocycles. The van der Waals surface area contributed by atoms with Gasteiger partial charge in [0.05, 0.1) is 0 Å². The van der Waals surface area contributed by atoms with Gasteiger partial charge in [-0.25, -0.2) is 0 Å². The second-order valence-corrected chi connectivity index (χ2v) is 2.38. The number of hydrogen-bond donors (Lipinski definition) is 2. The number of rotatable bonds is 1. The van der Waals surface area contributed by atoms with Gasteiger partial charge in [-0.2, -0.15) is 0 Å². The molecule has 0 aliphatic rings. The Morgan fingerprint density at radius 2 is 2.50 bits per heavy atom. The van der Waals surface area contributed by atoms with Crippen molar-refractivity contribution in [3.63, 3.8) is 0 Å². The Bertz CT molecular complexity index is 178. The highest BCUT2D eigenvalue weighted by Crippen LogP contribution is 2.04. The van der Waals surface area contributed by atoms with Crippen LogP contribution in [0.2, 0.25) is 0 Å². The van der Waals surface area contributed by atoms with Crippen LogP contribution in [0.15, 0.2) is 17.5 Å². The van der Waals surface area contributed by atoms with E-state index in [0.717, 1.165) is 4.88 Å². The maximum Gasteiger partial charge on any atom is 0.280 e. The second-order valence-electron chi connectivity index (χ2n) is 1.43. The summed E-state index contributed by atoms with van der Waals surface area (Å²) in [7, 11) is 0. The lowest BCUT2D eigenvalue weighted by Crippen LogP contribution is -2.45. The molecule has 0 atom stereocenters. The van der Waals surface area contributed by atoms with E-state index in [-0.39, 0.29) is 0 Å². The van der Waals surface area contributed by atoms with Gasteiger partial charge in [0, 0.05) is 0 Å². The van der Waals surface area contributed by atoms with Crippen LogP contribution in [0.4, 0.5) is 0 Å². The summed E-state index contributed by atoms with van der Waals surface area (Å²) in [6.45, 7) is 0. The van der Waals surface area contributed by atoms with Gasteiger partial charge in [-0.3, -0.25) is 11.1 Å². The summed E-state index contributed by atoms with van der Waals surface area (Å²) >= 11 is 1.54. The summed E-state index contributed by atoms with van der Waals surface area (Å²) in [5, 5.41) is 7.20. The predicted octanol–water partition coefficient (Wildman–Crippen LogP) is -0.787. The van der Waals surface area contributed by atoms with Gasteiger partial charge in [0.25, 0.3) is 5.84 Å². The summed E-state index contributed by atoms with van der Waals surface area (Å²) < 4.78 is 0. The van der Waals surface area contributed by atoms with Crippen molar-refractivity contribution in [1.29, 1.82) is 0 Å². The molecule has 0 unspecified atom stereocenters. The molecule has 0 aliphatic heterocycles. The molecule has 0 fully saturated rings. The fourth-order valence-electron chi connectivity index (χ4n) is 0.443. The largest absolute Gasteiger partial charge is 0.286 e. The van der Waals surface area contributed by atoms with Crippen molar-refractivity contribution in [2.75, 3.05) is 0 Å². The molecule has 1 aromatic heterocycles. The lowest BCUT2D eigenvalue weighted by Gasteiger charge is -1.77. The summed E-state index contributed by atoms with van der Waals surface area (Å²) in [4.78, 5) is 0.949. The molecule has 1 heterocycles. The van der Waals surface area contributed by atoms with Gasteiger partial charge in [0.2, 0.25) is 0 Å². The Kier molecular flexibility index (Phi) is 1.30. The Hall–Kier alpha value is -0.830. The first-order valence-electron chi connectivity index (χ1n) is 2.22. The van der Waals surface area contributed by atoms with Crippen LogP contribution in [0.3, 0.4) is 0 Å². The van der Waals surface area contributed by atoms with Gasteiger partial charge < -0.3 is 0 Å². The maximum absolute atomic E-state index is 5.26. The maximum atomic E-state index is 5.26. The zero-order chi connectivity index (χ0) is 5.98. The van der Waals surface area contributed by atoms with Crippen LogP contribution >= 0.6 is 11.3 Å². The molecule has 8 heavy (non-hydrogen) atoms. The Balaban J connectivity index is 2.93. The van der Waals surface area contributed by atoms with E-state index in [1.807, 2.05) is 17.5 Å². The predicted molar refractivity (Wildman–Crippen MR) is 34.5 cm³/mol. The lowest BCUT2D eigenvalue weighted by atomic mass is 10.4. The molecule has 0 spiro atoms. The third-order valence-electron chi connectivity index (χ3n) is 0.806. The van der Waals surface area contributed by atoms with Crippen molar-refractivity contribution in [3.05, 3.63) is 22.4 Å². The van der Waals surface area contributed by atoms with E-state index < -0.39 is 0 Å². The highest BCUT2D eigenvalue weighted by atomic mass is 32.1. The molecule has 0 saturated heterocycles. The third kappa shape index (κ3) is 0.869. The van der Waals surface area contributed by atoms with E-state index in [9.17, 15) is 0 Å². The lowest BCUT2D eigenvalue weighted by molar-refractivity contribution is -0.113. The Labute approximate surface area is 51.5 Å². The van der Waals surface area contributed by atoms with Crippen molar-refractivity contribution < 1.29 is 5.41 Å². The van der Waals surface area contributed by atoms with Crippen molar-refractivity contribution >= 4 is 17.2 Å². The van der Waals surface area contributed by atoms with E-state index in [0.29, 0.717) is 5.84 Å². The summed E-state index contributed by atoms with van der Waals surface area (Å²) in [6, 6.07) is 3.81. The normalized spacial score (nSPS) is 9.00. The van der Waals surface area contributed by atoms with Crippen LogP contribution in [0.25, 0.3) is 0 Å². The average Bonchev–Trinajstić information content (AvgIpc) is 2.12. The minimum Gasteiger partial charge on any atom is -0.286 e. The molecule has 4 N–H and O–H groups in total. The third-order valence-corrected chi connectivity index (χ3v) is 1.72. The quantitative estimate of drug-likeness (QED) is 0.377. The zero-order valence-electron chi connectivity index (χ0n) is 4.29. The minimum atomic E-state index is 0.403. The molecule has 42 valence electrons. The fraction of sp³-hybridized carbons (Fsp3) is 0. The molecule has 0 bridgehead atoms.